The minimum absolute atomic E-state index is 0.0152. The second-order valence-corrected chi connectivity index (χ2v) is 7.75. The minimum Gasteiger partial charge on any atom is -0.332 e. The zero-order chi connectivity index (χ0) is 16.1. The van der Waals surface area contributed by atoms with E-state index in [0.717, 1.165) is 0 Å². The van der Waals surface area contributed by atoms with E-state index < -0.39 is 9.84 Å². The van der Waals surface area contributed by atoms with Crippen LogP contribution in [0.1, 0.15) is 23.5 Å². The molecule has 1 amide bonds. The quantitative estimate of drug-likeness (QED) is 0.757. The van der Waals surface area contributed by atoms with Gasteiger partial charge in [0.2, 0.25) is 5.91 Å². The van der Waals surface area contributed by atoms with E-state index in [0.29, 0.717) is 23.6 Å². The summed E-state index contributed by atoms with van der Waals surface area (Å²) in [5.74, 6) is 0.171. The number of fused-ring (bicyclic) bond motifs is 1. The van der Waals surface area contributed by atoms with E-state index in [1.807, 2.05) is 0 Å². The number of allylic oxidation sites excluding steroid dienone is 1. The molecule has 1 aromatic heterocycles. The molecule has 1 aromatic rings. The maximum absolute atomic E-state index is 12.3. The molecule has 0 aliphatic carbocycles. The van der Waals surface area contributed by atoms with Crippen molar-refractivity contribution < 1.29 is 13.2 Å². The summed E-state index contributed by atoms with van der Waals surface area (Å²) in [5.41, 5.74) is 1.07. The SMILES string of the molecule is Cc1nc2c(c(=O)n1C)CN(C(=O)C[C@H]1C=CS(=O)(=O)C1)C2. The summed E-state index contributed by atoms with van der Waals surface area (Å²) in [4.78, 5) is 30.4. The van der Waals surface area contributed by atoms with E-state index in [9.17, 15) is 18.0 Å². The summed E-state index contributed by atoms with van der Waals surface area (Å²) >= 11 is 0. The largest absolute Gasteiger partial charge is 0.332 e. The van der Waals surface area contributed by atoms with Crippen molar-refractivity contribution in [1.82, 2.24) is 14.5 Å². The number of amides is 1. The van der Waals surface area contributed by atoms with Crippen LogP contribution in [0.4, 0.5) is 0 Å². The first-order chi connectivity index (χ1) is 10.3. The van der Waals surface area contributed by atoms with E-state index in [4.69, 9.17) is 0 Å². The Bertz CT molecular complexity index is 838. The third-order valence-corrected chi connectivity index (χ3v) is 5.64. The molecule has 0 spiro atoms. The van der Waals surface area contributed by atoms with Crippen LogP contribution in [-0.4, -0.2) is 34.5 Å². The molecule has 0 unspecified atom stereocenters. The predicted molar refractivity (Wildman–Crippen MR) is 79.5 cm³/mol. The van der Waals surface area contributed by atoms with Gasteiger partial charge in [0.15, 0.2) is 9.84 Å². The second-order valence-electron chi connectivity index (χ2n) is 5.82. The molecule has 7 nitrogen and oxygen atoms in total. The number of rotatable bonds is 2. The molecule has 118 valence electrons. The lowest BCUT2D eigenvalue weighted by Gasteiger charge is -2.16. The van der Waals surface area contributed by atoms with Crippen molar-refractivity contribution in [3.63, 3.8) is 0 Å². The molecule has 0 saturated heterocycles. The molecule has 2 aliphatic rings. The fourth-order valence-electron chi connectivity index (χ4n) is 2.82. The van der Waals surface area contributed by atoms with Crippen molar-refractivity contribution in [3.05, 3.63) is 38.9 Å². The molecule has 8 heteroatoms. The van der Waals surface area contributed by atoms with Crippen LogP contribution in [0.2, 0.25) is 0 Å². The van der Waals surface area contributed by atoms with Gasteiger partial charge in [-0.1, -0.05) is 6.08 Å². The van der Waals surface area contributed by atoms with Gasteiger partial charge in [0.1, 0.15) is 5.82 Å². The van der Waals surface area contributed by atoms with Gasteiger partial charge >= 0.3 is 0 Å². The lowest BCUT2D eigenvalue weighted by atomic mass is 10.1. The van der Waals surface area contributed by atoms with Gasteiger partial charge in [-0.05, 0) is 6.92 Å². The third-order valence-electron chi connectivity index (χ3n) is 4.18. The summed E-state index contributed by atoms with van der Waals surface area (Å²) in [6.07, 6.45) is 1.71. The van der Waals surface area contributed by atoms with E-state index in [1.54, 1.807) is 24.9 Å². The molecule has 3 heterocycles. The van der Waals surface area contributed by atoms with Crippen LogP contribution in [0.5, 0.6) is 0 Å². The number of carbonyl (C=O) groups is 1. The minimum atomic E-state index is -3.15. The number of hydrogen-bond donors (Lipinski definition) is 0. The average molecular weight is 323 g/mol. The fourth-order valence-corrected chi connectivity index (χ4v) is 4.22. The van der Waals surface area contributed by atoms with Crippen molar-refractivity contribution in [2.75, 3.05) is 5.75 Å². The number of aryl methyl sites for hydroxylation is 1. The summed E-state index contributed by atoms with van der Waals surface area (Å²) in [6.45, 7) is 2.31. The van der Waals surface area contributed by atoms with Crippen LogP contribution < -0.4 is 5.56 Å². The molecule has 0 N–H and O–H groups in total. The molecule has 2 aliphatic heterocycles. The second kappa shape index (κ2) is 5.05. The van der Waals surface area contributed by atoms with Crippen LogP contribution in [0, 0.1) is 12.8 Å². The smallest absolute Gasteiger partial charge is 0.258 e. The normalized spacial score (nSPS) is 22.1. The average Bonchev–Trinajstić information content (AvgIpc) is 3.00. The van der Waals surface area contributed by atoms with Crippen LogP contribution in [0.3, 0.4) is 0 Å². The summed E-state index contributed by atoms with van der Waals surface area (Å²) in [6, 6.07) is 0. The van der Waals surface area contributed by atoms with Gasteiger partial charge in [-0.3, -0.25) is 14.2 Å². The highest BCUT2D eigenvalue weighted by molar-refractivity contribution is 7.94. The van der Waals surface area contributed by atoms with Crippen molar-refractivity contribution in [1.29, 1.82) is 0 Å². The van der Waals surface area contributed by atoms with Gasteiger partial charge in [-0.25, -0.2) is 13.4 Å². The summed E-state index contributed by atoms with van der Waals surface area (Å²) in [5, 5.41) is 1.17. The molecule has 0 fully saturated rings. The third kappa shape index (κ3) is 2.58. The van der Waals surface area contributed by atoms with Crippen molar-refractivity contribution in [3.8, 4) is 0 Å². The number of nitrogens with zero attached hydrogens (tertiary/aromatic N) is 3. The van der Waals surface area contributed by atoms with Gasteiger partial charge in [0, 0.05) is 24.8 Å². The highest BCUT2D eigenvalue weighted by atomic mass is 32.2. The molecule has 22 heavy (non-hydrogen) atoms. The van der Waals surface area contributed by atoms with Crippen LogP contribution >= 0.6 is 0 Å². The number of carbonyl (C=O) groups excluding carboxylic acids is 1. The van der Waals surface area contributed by atoms with Crippen LogP contribution in [-0.2, 0) is 34.8 Å². The number of hydrogen-bond acceptors (Lipinski definition) is 5. The van der Waals surface area contributed by atoms with Gasteiger partial charge in [-0.15, -0.1) is 0 Å². The van der Waals surface area contributed by atoms with Gasteiger partial charge in [0.25, 0.3) is 5.56 Å². The van der Waals surface area contributed by atoms with Crippen molar-refractivity contribution in [2.45, 2.75) is 26.4 Å². The molecule has 0 radical (unpaired) electrons. The molecule has 0 bridgehead atoms. The molecule has 3 rings (SSSR count). The monoisotopic (exact) mass is 323 g/mol. The van der Waals surface area contributed by atoms with E-state index >= 15 is 0 Å². The first-order valence-corrected chi connectivity index (χ1v) is 8.72. The molecular formula is C14H17N3O4S. The molecule has 1 atom stereocenters. The number of sulfone groups is 1. The highest BCUT2D eigenvalue weighted by Gasteiger charge is 2.31. The molecular weight excluding hydrogens is 306 g/mol. The maximum atomic E-state index is 12.3. The predicted octanol–water partition coefficient (Wildman–Crippen LogP) is -0.121. The Kier molecular flexibility index (Phi) is 3.43. The van der Waals surface area contributed by atoms with Gasteiger partial charge in [-0.2, -0.15) is 0 Å². The Morgan fingerprint density at radius 2 is 2.14 bits per heavy atom. The van der Waals surface area contributed by atoms with Crippen LogP contribution in [0.15, 0.2) is 16.3 Å². The standard InChI is InChI=1S/C14H17N3O4S/c1-9-15-12-7-17(6-11(12)14(19)16(9)2)13(18)5-10-3-4-22(20,21)8-10/h3-4,10H,5-8H2,1-2H3/t10-/m1/s1. The van der Waals surface area contributed by atoms with Crippen molar-refractivity contribution in [2.24, 2.45) is 13.0 Å². The first kappa shape index (κ1) is 15.0. The van der Waals surface area contributed by atoms with E-state index in [-0.39, 0.29) is 36.1 Å². The van der Waals surface area contributed by atoms with E-state index in [2.05, 4.69) is 4.98 Å². The number of aromatic nitrogens is 2. The Labute approximate surface area is 128 Å². The topological polar surface area (TPSA) is 89.3 Å². The lowest BCUT2D eigenvalue weighted by Crippen LogP contribution is -2.29. The summed E-state index contributed by atoms with van der Waals surface area (Å²) in [7, 11) is -1.50. The lowest BCUT2D eigenvalue weighted by molar-refractivity contribution is -0.132. The fraction of sp³-hybridized carbons (Fsp3) is 0.500. The Hall–Kier alpha value is -1.96. The maximum Gasteiger partial charge on any atom is 0.258 e. The van der Waals surface area contributed by atoms with Crippen LogP contribution in [0.25, 0.3) is 0 Å². The first-order valence-electron chi connectivity index (χ1n) is 7.01. The Balaban J connectivity index is 1.74. The highest BCUT2D eigenvalue weighted by Crippen LogP contribution is 2.23. The summed E-state index contributed by atoms with van der Waals surface area (Å²) < 4.78 is 24.2. The zero-order valence-electron chi connectivity index (χ0n) is 12.4. The van der Waals surface area contributed by atoms with Crippen molar-refractivity contribution >= 4 is 15.7 Å². The van der Waals surface area contributed by atoms with Gasteiger partial charge in [0.05, 0.1) is 30.1 Å². The Morgan fingerprint density at radius 1 is 1.41 bits per heavy atom. The molecule has 0 aromatic carbocycles. The zero-order valence-corrected chi connectivity index (χ0v) is 13.3. The molecule has 0 saturated carbocycles. The van der Waals surface area contributed by atoms with E-state index in [1.165, 1.54) is 9.98 Å². The Morgan fingerprint density at radius 3 is 2.77 bits per heavy atom. The van der Waals surface area contributed by atoms with Gasteiger partial charge < -0.3 is 4.90 Å².